The van der Waals surface area contributed by atoms with Crippen LogP contribution in [0.15, 0.2) is 29.4 Å². The molecule has 2 aromatic rings. The zero-order valence-corrected chi connectivity index (χ0v) is 12.8. The van der Waals surface area contributed by atoms with Gasteiger partial charge in [0.25, 0.3) is 15.2 Å². The second-order valence-electron chi connectivity index (χ2n) is 4.69. The summed E-state index contributed by atoms with van der Waals surface area (Å²) in [5.41, 5.74) is 2.17. The highest BCUT2D eigenvalue weighted by Gasteiger charge is 2.21. The first-order valence-electron chi connectivity index (χ1n) is 6.42. The number of primary sulfonamides is 1. The van der Waals surface area contributed by atoms with E-state index in [1.165, 1.54) is 4.57 Å². The molecular weight excluding hydrogens is 292 g/mol. The molecule has 0 unspecified atom stereocenters. The molecule has 2 N–H and O–H groups in total. The standard InChI is InChI=1S/C13H18N4O3S/c1-10-5-3-4-6-11(10)9-12-15-16-13(21(14,18)19)17(12)7-8-20-2/h3-6H,7-9H2,1-2H3,(H2,14,18,19). The van der Waals surface area contributed by atoms with Gasteiger partial charge in [-0.2, -0.15) is 0 Å². The summed E-state index contributed by atoms with van der Waals surface area (Å²) >= 11 is 0. The van der Waals surface area contributed by atoms with Crippen LogP contribution in [0.25, 0.3) is 0 Å². The Bertz CT molecular complexity index is 725. The van der Waals surface area contributed by atoms with Gasteiger partial charge in [-0.25, -0.2) is 13.6 Å². The van der Waals surface area contributed by atoms with Gasteiger partial charge in [-0.1, -0.05) is 24.3 Å². The maximum absolute atomic E-state index is 11.6. The number of nitrogens with zero attached hydrogens (tertiary/aromatic N) is 3. The van der Waals surface area contributed by atoms with Gasteiger partial charge in [-0.3, -0.25) is 4.57 Å². The fraction of sp³-hybridized carbons (Fsp3) is 0.385. The van der Waals surface area contributed by atoms with Crippen LogP contribution in [0.1, 0.15) is 17.0 Å². The molecule has 0 aliphatic rings. The van der Waals surface area contributed by atoms with E-state index in [1.54, 1.807) is 7.11 Å². The molecular formula is C13H18N4O3S. The molecule has 114 valence electrons. The molecule has 1 aromatic heterocycles. The molecule has 0 saturated carbocycles. The highest BCUT2D eigenvalue weighted by Crippen LogP contribution is 2.15. The van der Waals surface area contributed by atoms with E-state index < -0.39 is 10.0 Å². The smallest absolute Gasteiger partial charge is 0.273 e. The van der Waals surface area contributed by atoms with E-state index in [9.17, 15) is 8.42 Å². The van der Waals surface area contributed by atoms with Crippen LogP contribution in [0.2, 0.25) is 0 Å². The first kappa shape index (κ1) is 15.6. The predicted octanol–water partition coefficient (Wildman–Crippen LogP) is 0.471. The number of hydrogen-bond donors (Lipinski definition) is 1. The number of aromatic nitrogens is 3. The molecule has 0 radical (unpaired) electrons. The van der Waals surface area contributed by atoms with Crippen LogP contribution < -0.4 is 5.14 Å². The Labute approximate surface area is 123 Å². The Morgan fingerprint density at radius 3 is 2.62 bits per heavy atom. The largest absolute Gasteiger partial charge is 0.383 e. The molecule has 2 rings (SSSR count). The van der Waals surface area contributed by atoms with Crippen molar-refractivity contribution < 1.29 is 13.2 Å². The van der Waals surface area contributed by atoms with Crippen molar-refractivity contribution in [2.24, 2.45) is 5.14 Å². The summed E-state index contributed by atoms with van der Waals surface area (Å²) in [5, 5.41) is 12.6. The van der Waals surface area contributed by atoms with Crippen molar-refractivity contribution in [3.63, 3.8) is 0 Å². The zero-order valence-electron chi connectivity index (χ0n) is 12.0. The molecule has 7 nitrogen and oxygen atoms in total. The van der Waals surface area contributed by atoms with Crippen LogP contribution in [0, 0.1) is 6.92 Å². The summed E-state index contributed by atoms with van der Waals surface area (Å²) in [5.74, 6) is 0.547. The normalized spacial score (nSPS) is 11.8. The van der Waals surface area contributed by atoms with Crippen molar-refractivity contribution in [3.05, 3.63) is 41.2 Å². The Hall–Kier alpha value is -1.77. The van der Waals surface area contributed by atoms with Crippen molar-refractivity contribution in [2.45, 2.75) is 25.0 Å². The lowest BCUT2D eigenvalue weighted by atomic mass is 10.1. The van der Waals surface area contributed by atoms with Gasteiger partial charge < -0.3 is 4.74 Å². The Morgan fingerprint density at radius 1 is 1.29 bits per heavy atom. The highest BCUT2D eigenvalue weighted by atomic mass is 32.2. The van der Waals surface area contributed by atoms with Crippen molar-refractivity contribution >= 4 is 10.0 Å². The Morgan fingerprint density at radius 2 is 2.00 bits per heavy atom. The van der Waals surface area contributed by atoms with Gasteiger partial charge >= 0.3 is 0 Å². The Balaban J connectivity index is 2.40. The molecule has 0 saturated heterocycles. The van der Waals surface area contributed by atoms with Gasteiger partial charge in [0.1, 0.15) is 5.82 Å². The summed E-state index contributed by atoms with van der Waals surface area (Å²) in [6.07, 6.45) is 0.485. The molecule has 1 aromatic carbocycles. The molecule has 1 heterocycles. The van der Waals surface area contributed by atoms with E-state index in [0.717, 1.165) is 11.1 Å². The van der Waals surface area contributed by atoms with E-state index in [0.29, 0.717) is 25.4 Å². The predicted molar refractivity (Wildman–Crippen MR) is 77.3 cm³/mol. The topological polar surface area (TPSA) is 100 Å². The summed E-state index contributed by atoms with van der Waals surface area (Å²) in [4.78, 5) is 0. The van der Waals surface area contributed by atoms with Crippen molar-refractivity contribution in [1.82, 2.24) is 14.8 Å². The summed E-state index contributed by atoms with van der Waals surface area (Å²) in [6, 6.07) is 7.84. The number of ether oxygens (including phenoxy) is 1. The van der Waals surface area contributed by atoms with E-state index in [1.807, 2.05) is 31.2 Å². The first-order chi connectivity index (χ1) is 9.93. The minimum Gasteiger partial charge on any atom is -0.383 e. The van der Waals surface area contributed by atoms with Crippen molar-refractivity contribution in [1.29, 1.82) is 0 Å². The number of aryl methyl sites for hydroxylation is 1. The van der Waals surface area contributed by atoms with Crippen LogP contribution in [0.5, 0.6) is 0 Å². The van der Waals surface area contributed by atoms with Crippen LogP contribution in [-0.2, 0) is 27.7 Å². The summed E-state index contributed by atoms with van der Waals surface area (Å²) in [6.45, 7) is 2.67. The van der Waals surface area contributed by atoms with Gasteiger partial charge in [0.15, 0.2) is 0 Å². The lowest BCUT2D eigenvalue weighted by molar-refractivity contribution is 0.183. The number of sulfonamides is 1. The maximum Gasteiger partial charge on any atom is 0.273 e. The number of hydrogen-bond acceptors (Lipinski definition) is 5. The van der Waals surface area contributed by atoms with Crippen molar-refractivity contribution in [2.75, 3.05) is 13.7 Å². The van der Waals surface area contributed by atoms with Crippen LogP contribution in [0.4, 0.5) is 0 Å². The average molecular weight is 310 g/mol. The Kier molecular flexibility index (Phi) is 4.71. The SMILES string of the molecule is COCCn1c(Cc2ccccc2C)nnc1S(N)(=O)=O. The molecule has 0 spiro atoms. The van der Waals surface area contributed by atoms with Gasteiger partial charge in [0.2, 0.25) is 0 Å². The van der Waals surface area contributed by atoms with Crippen LogP contribution in [-0.4, -0.2) is 36.9 Å². The minimum atomic E-state index is -3.91. The molecule has 0 amide bonds. The van der Waals surface area contributed by atoms with E-state index in [2.05, 4.69) is 10.2 Å². The van der Waals surface area contributed by atoms with Gasteiger partial charge in [-0.05, 0) is 18.1 Å². The molecule has 0 aliphatic heterocycles. The third-order valence-corrected chi connectivity index (χ3v) is 3.99. The molecule has 0 fully saturated rings. The van der Waals surface area contributed by atoms with E-state index in [4.69, 9.17) is 9.88 Å². The monoisotopic (exact) mass is 310 g/mol. The lowest BCUT2D eigenvalue weighted by Gasteiger charge is -2.10. The van der Waals surface area contributed by atoms with E-state index >= 15 is 0 Å². The summed E-state index contributed by atoms with van der Waals surface area (Å²) in [7, 11) is -2.37. The molecule has 0 aliphatic carbocycles. The minimum absolute atomic E-state index is 0.233. The molecule has 0 atom stereocenters. The quantitative estimate of drug-likeness (QED) is 0.836. The zero-order chi connectivity index (χ0) is 15.5. The number of nitrogens with two attached hydrogens (primary N) is 1. The van der Waals surface area contributed by atoms with Crippen LogP contribution >= 0.6 is 0 Å². The third-order valence-electron chi connectivity index (χ3n) is 3.18. The fourth-order valence-corrected chi connectivity index (χ4v) is 2.70. The molecule has 8 heteroatoms. The van der Waals surface area contributed by atoms with Crippen molar-refractivity contribution in [3.8, 4) is 0 Å². The van der Waals surface area contributed by atoms with Gasteiger partial charge in [0.05, 0.1) is 6.61 Å². The van der Waals surface area contributed by atoms with Gasteiger partial charge in [0, 0.05) is 20.1 Å². The number of benzene rings is 1. The third kappa shape index (κ3) is 3.66. The average Bonchev–Trinajstić information content (AvgIpc) is 2.82. The summed E-state index contributed by atoms with van der Waals surface area (Å²) < 4.78 is 29.6. The highest BCUT2D eigenvalue weighted by molar-refractivity contribution is 7.89. The van der Waals surface area contributed by atoms with Gasteiger partial charge in [-0.15, -0.1) is 10.2 Å². The van der Waals surface area contributed by atoms with Crippen LogP contribution in [0.3, 0.4) is 0 Å². The second kappa shape index (κ2) is 6.33. The lowest BCUT2D eigenvalue weighted by Crippen LogP contribution is -2.21. The molecule has 21 heavy (non-hydrogen) atoms. The second-order valence-corrected chi connectivity index (χ2v) is 6.15. The first-order valence-corrected chi connectivity index (χ1v) is 7.96. The maximum atomic E-state index is 11.6. The molecule has 0 bridgehead atoms. The fourth-order valence-electron chi connectivity index (χ4n) is 2.05. The number of methoxy groups -OCH3 is 1. The number of rotatable bonds is 6. The van der Waals surface area contributed by atoms with E-state index in [-0.39, 0.29) is 5.16 Å².